The molecule has 0 saturated heterocycles. The summed E-state index contributed by atoms with van der Waals surface area (Å²) in [6.07, 6.45) is 7.82. The highest BCUT2D eigenvalue weighted by Gasteiger charge is 2.36. The van der Waals surface area contributed by atoms with E-state index in [1.54, 1.807) is 6.08 Å². The summed E-state index contributed by atoms with van der Waals surface area (Å²) in [6, 6.07) is 0. The molecule has 0 spiro atoms. The van der Waals surface area contributed by atoms with Crippen molar-refractivity contribution >= 4 is 23.2 Å². The normalized spacial score (nSPS) is 15.8. The predicted octanol–water partition coefficient (Wildman–Crippen LogP) is 2.22. The van der Waals surface area contributed by atoms with Crippen LogP contribution in [0.2, 0.25) is 0 Å². The van der Waals surface area contributed by atoms with Gasteiger partial charge in [0.1, 0.15) is 4.75 Å². The molecule has 2 atom stereocenters. The van der Waals surface area contributed by atoms with Crippen molar-refractivity contribution in [2.75, 3.05) is 6.26 Å². The molecule has 2 N–H and O–H groups in total. The van der Waals surface area contributed by atoms with Crippen LogP contribution in [0.15, 0.2) is 23.9 Å². The lowest BCUT2D eigenvalue weighted by molar-refractivity contribution is -0.139. The van der Waals surface area contributed by atoms with Crippen LogP contribution in [0.25, 0.3) is 0 Å². The summed E-state index contributed by atoms with van der Waals surface area (Å²) in [6.45, 7) is 7.32. The van der Waals surface area contributed by atoms with Crippen LogP contribution in [0.4, 0.5) is 0 Å². The summed E-state index contributed by atoms with van der Waals surface area (Å²) in [5, 5.41) is 11.4. The molecule has 0 bridgehead atoms. The van der Waals surface area contributed by atoms with E-state index in [4.69, 9.17) is 5.11 Å². The minimum atomic E-state index is -1.43. The van der Waals surface area contributed by atoms with Gasteiger partial charge in [-0.2, -0.15) is 0 Å². The Morgan fingerprint density at radius 3 is 2.35 bits per heavy atom. The van der Waals surface area contributed by atoms with Gasteiger partial charge in [-0.25, -0.2) is 0 Å². The second-order valence-electron chi connectivity index (χ2n) is 4.09. The SMILES string of the molecule is CC.CC(/C=C\NC=O)=C/CCC(C)(C(=O)O)S(C)=O. The number of rotatable bonds is 8. The minimum absolute atomic E-state index is 0.303. The zero-order chi connectivity index (χ0) is 16.2. The van der Waals surface area contributed by atoms with Gasteiger partial charge in [-0.15, -0.1) is 0 Å². The average Bonchev–Trinajstić information content (AvgIpc) is 2.40. The molecule has 0 heterocycles. The van der Waals surface area contributed by atoms with Crippen LogP contribution in [0.5, 0.6) is 0 Å². The van der Waals surface area contributed by atoms with E-state index in [9.17, 15) is 13.8 Å². The largest absolute Gasteiger partial charge is 0.480 e. The van der Waals surface area contributed by atoms with Gasteiger partial charge in [0.2, 0.25) is 6.41 Å². The van der Waals surface area contributed by atoms with Crippen molar-refractivity contribution < 1.29 is 18.9 Å². The highest BCUT2D eigenvalue weighted by atomic mass is 32.2. The van der Waals surface area contributed by atoms with E-state index in [2.05, 4.69) is 5.32 Å². The lowest BCUT2D eigenvalue weighted by atomic mass is 10.0. The van der Waals surface area contributed by atoms with E-state index in [0.717, 1.165) is 5.57 Å². The van der Waals surface area contributed by atoms with Crippen LogP contribution >= 0.6 is 0 Å². The molecule has 0 aromatic carbocycles. The maximum absolute atomic E-state index is 11.4. The summed E-state index contributed by atoms with van der Waals surface area (Å²) < 4.78 is 10.2. The number of amides is 1. The molecule has 20 heavy (non-hydrogen) atoms. The number of carbonyl (C=O) groups is 2. The lowest BCUT2D eigenvalue weighted by Crippen LogP contribution is -2.39. The fourth-order valence-corrected chi connectivity index (χ4v) is 1.89. The Hall–Kier alpha value is -1.43. The topological polar surface area (TPSA) is 83.5 Å². The van der Waals surface area contributed by atoms with Gasteiger partial charge < -0.3 is 10.4 Å². The molecular formula is C14H25NO4S. The van der Waals surface area contributed by atoms with E-state index in [0.29, 0.717) is 19.3 Å². The number of carbonyl (C=O) groups excluding carboxylic acids is 1. The first kappa shape index (κ1) is 20.9. The average molecular weight is 303 g/mol. The second kappa shape index (κ2) is 11.4. The molecule has 1 amide bonds. The molecule has 0 aromatic rings. The van der Waals surface area contributed by atoms with Gasteiger partial charge in [0, 0.05) is 23.3 Å². The minimum Gasteiger partial charge on any atom is -0.480 e. The zero-order valence-electron chi connectivity index (χ0n) is 12.8. The Morgan fingerprint density at radius 2 is 1.95 bits per heavy atom. The maximum atomic E-state index is 11.4. The van der Waals surface area contributed by atoms with E-state index < -0.39 is 21.5 Å². The molecule has 0 radical (unpaired) electrons. The number of hydrogen-bond donors (Lipinski definition) is 2. The molecule has 0 aliphatic heterocycles. The van der Waals surface area contributed by atoms with E-state index >= 15 is 0 Å². The molecule has 0 aliphatic rings. The smallest absolute Gasteiger partial charge is 0.322 e. The first-order valence-electron chi connectivity index (χ1n) is 6.44. The highest BCUT2D eigenvalue weighted by Crippen LogP contribution is 2.20. The highest BCUT2D eigenvalue weighted by molar-refractivity contribution is 7.86. The zero-order valence-corrected chi connectivity index (χ0v) is 13.6. The van der Waals surface area contributed by atoms with Crippen LogP contribution in [0, 0.1) is 0 Å². The van der Waals surface area contributed by atoms with Crippen molar-refractivity contribution in [1.29, 1.82) is 0 Å². The summed E-state index contributed by atoms with van der Waals surface area (Å²) in [5.74, 6) is -1.05. The second-order valence-corrected chi connectivity index (χ2v) is 5.90. The van der Waals surface area contributed by atoms with Gasteiger partial charge in [0.25, 0.3) is 0 Å². The van der Waals surface area contributed by atoms with E-state index in [-0.39, 0.29) is 0 Å². The van der Waals surface area contributed by atoms with Crippen molar-refractivity contribution in [3.63, 3.8) is 0 Å². The number of nitrogens with one attached hydrogen (secondary N) is 1. The third-order valence-electron chi connectivity index (χ3n) is 2.69. The number of aliphatic carboxylic acids is 1. The van der Waals surface area contributed by atoms with Gasteiger partial charge in [-0.05, 0) is 32.8 Å². The third kappa shape index (κ3) is 7.89. The van der Waals surface area contributed by atoms with Crippen molar-refractivity contribution in [1.82, 2.24) is 5.32 Å². The summed E-state index contributed by atoms with van der Waals surface area (Å²) in [5.41, 5.74) is 0.902. The molecule has 2 unspecified atom stereocenters. The van der Waals surface area contributed by atoms with Crippen LogP contribution < -0.4 is 5.32 Å². The molecule has 6 heteroatoms. The molecule has 0 fully saturated rings. The van der Waals surface area contributed by atoms with Gasteiger partial charge in [-0.1, -0.05) is 25.5 Å². The molecule has 0 aliphatic carbocycles. The Kier molecular flexibility index (Phi) is 11.9. The van der Waals surface area contributed by atoms with Crippen molar-refractivity contribution in [3.8, 4) is 0 Å². The van der Waals surface area contributed by atoms with Gasteiger partial charge in [0.05, 0.1) is 0 Å². The fourth-order valence-electron chi connectivity index (χ4n) is 1.24. The Morgan fingerprint density at radius 1 is 1.40 bits per heavy atom. The molecule has 0 saturated carbocycles. The Balaban J connectivity index is 0. The van der Waals surface area contributed by atoms with Crippen molar-refractivity contribution in [3.05, 3.63) is 23.9 Å². The third-order valence-corrected chi connectivity index (χ3v) is 4.33. The fraction of sp³-hybridized carbons (Fsp3) is 0.571. The summed E-state index contributed by atoms with van der Waals surface area (Å²) in [7, 11) is -1.43. The predicted molar refractivity (Wildman–Crippen MR) is 82.8 cm³/mol. The van der Waals surface area contributed by atoms with E-state index in [1.807, 2.05) is 26.8 Å². The number of carboxylic acid groups (broad SMARTS) is 1. The van der Waals surface area contributed by atoms with Crippen LogP contribution in [-0.4, -0.2) is 32.7 Å². The summed E-state index contributed by atoms with van der Waals surface area (Å²) in [4.78, 5) is 21.1. The molecule has 0 aromatic heterocycles. The monoisotopic (exact) mass is 303 g/mol. The standard InChI is InChI=1S/C12H19NO4S.C2H6/c1-10(6-8-13-9-14)5-4-7-12(2,11(15)16)18(3)17;1-2/h5-6,8-9H,4,7H2,1-3H3,(H,13,14)(H,15,16);1-2H3/b8-6-,10-5-;. The molecular weight excluding hydrogens is 278 g/mol. The van der Waals surface area contributed by atoms with Gasteiger partial charge in [-0.3, -0.25) is 13.8 Å². The molecule has 5 nitrogen and oxygen atoms in total. The quantitative estimate of drug-likeness (QED) is 0.532. The lowest BCUT2D eigenvalue weighted by Gasteiger charge is -2.21. The van der Waals surface area contributed by atoms with Crippen LogP contribution in [-0.2, 0) is 20.4 Å². The van der Waals surface area contributed by atoms with Crippen molar-refractivity contribution in [2.45, 2.75) is 45.3 Å². The first-order chi connectivity index (χ1) is 9.34. The van der Waals surface area contributed by atoms with Crippen molar-refractivity contribution in [2.24, 2.45) is 0 Å². The van der Waals surface area contributed by atoms with Gasteiger partial charge in [0.15, 0.2) is 0 Å². The van der Waals surface area contributed by atoms with E-state index in [1.165, 1.54) is 19.4 Å². The number of carboxylic acids is 1. The maximum Gasteiger partial charge on any atom is 0.322 e. The Bertz CT molecular complexity index is 375. The molecule has 116 valence electrons. The van der Waals surface area contributed by atoms with Crippen LogP contribution in [0.3, 0.4) is 0 Å². The van der Waals surface area contributed by atoms with Gasteiger partial charge >= 0.3 is 5.97 Å². The molecule has 0 rings (SSSR count). The Labute approximate surface area is 123 Å². The van der Waals surface area contributed by atoms with Crippen LogP contribution in [0.1, 0.15) is 40.5 Å². The number of allylic oxidation sites excluding steroid dienone is 3. The first-order valence-corrected chi connectivity index (χ1v) is 8.00. The number of hydrogen-bond acceptors (Lipinski definition) is 3. The summed E-state index contributed by atoms with van der Waals surface area (Å²) >= 11 is 0.